The van der Waals surface area contributed by atoms with Crippen LogP contribution in [0, 0.1) is 0 Å². The van der Waals surface area contributed by atoms with Gasteiger partial charge < -0.3 is 15.4 Å². The number of benzene rings is 1. The van der Waals surface area contributed by atoms with Crippen molar-refractivity contribution in [2.24, 2.45) is 5.73 Å². The predicted octanol–water partition coefficient (Wildman–Crippen LogP) is 2.67. The Hall–Kier alpha value is -0.580. The minimum Gasteiger partial charge on any atom is -0.491 e. The van der Waals surface area contributed by atoms with Crippen molar-refractivity contribution in [1.82, 2.24) is 4.90 Å². The lowest BCUT2D eigenvalue weighted by Crippen LogP contribution is -2.23. The number of rotatable bonds is 7. The first kappa shape index (κ1) is 15.5. The topological polar surface area (TPSA) is 38.5 Å². The summed E-state index contributed by atoms with van der Waals surface area (Å²) < 4.78 is 6.88. The summed E-state index contributed by atoms with van der Waals surface area (Å²) in [5.41, 5.74) is 7.20. The molecule has 0 aliphatic heterocycles. The molecule has 0 spiro atoms. The van der Waals surface area contributed by atoms with Gasteiger partial charge in [-0.3, -0.25) is 0 Å². The molecule has 0 saturated carbocycles. The summed E-state index contributed by atoms with van der Waals surface area (Å²) in [7, 11) is 4.08. The fourth-order valence-electron chi connectivity index (χ4n) is 1.63. The summed E-state index contributed by atoms with van der Waals surface area (Å²) >= 11 is 3.55. The molecule has 102 valence electrons. The fourth-order valence-corrected chi connectivity index (χ4v) is 2.15. The lowest BCUT2D eigenvalue weighted by atomic mass is 10.0. The maximum atomic E-state index is 6.02. The van der Waals surface area contributed by atoms with Gasteiger partial charge in [0.1, 0.15) is 12.4 Å². The van der Waals surface area contributed by atoms with Crippen LogP contribution in [0.4, 0.5) is 0 Å². The Morgan fingerprint density at radius 2 is 2.11 bits per heavy atom. The SMILES string of the molecule is CCC(N)Cc1cccc(Br)c1OCCN(C)C. The Bertz CT molecular complexity index is 369. The van der Waals surface area contributed by atoms with Gasteiger partial charge in [0.05, 0.1) is 4.47 Å². The summed E-state index contributed by atoms with van der Waals surface area (Å²) in [6.07, 6.45) is 1.83. The molecule has 0 heterocycles. The van der Waals surface area contributed by atoms with E-state index in [0.29, 0.717) is 6.61 Å². The van der Waals surface area contributed by atoms with Crippen molar-refractivity contribution in [1.29, 1.82) is 0 Å². The van der Waals surface area contributed by atoms with E-state index >= 15 is 0 Å². The first-order valence-electron chi connectivity index (χ1n) is 6.35. The lowest BCUT2D eigenvalue weighted by Gasteiger charge is -2.17. The number of nitrogens with zero attached hydrogens (tertiary/aromatic N) is 1. The Kier molecular flexibility index (Phi) is 6.68. The molecule has 1 aromatic carbocycles. The Balaban J connectivity index is 2.74. The molecule has 1 rings (SSSR count). The van der Waals surface area contributed by atoms with Gasteiger partial charge in [0.25, 0.3) is 0 Å². The number of likely N-dealkylation sites (N-methyl/N-ethyl adjacent to an activating group) is 1. The van der Waals surface area contributed by atoms with Gasteiger partial charge in [-0.2, -0.15) is 0 Å². The minimum absolute atomic E-state index is 0.190. The molecule has 2 N–H and O–H groups in total. The summed E-state index contributed by atoms with van der Waals surface area (Å²) in [4.78, 5) is 2.11. The zero-order chi connectivity index (χ0) is 13.5. The Morgan fingerprint density at radius 1 is 1.39 bits per heavy atom. The zero-order valence-corrected chi connectivity index (χ0v) is 13.0. The normalized spacial score (nSPS) is 12.8. The molecule has 0 aromatic heterocycles. The van der Waals surface area contributed by atoms with Gasteiger partial charge in [-0.1, -0.05) is 19.1 Å². The maximum absolute atomic E-state index is 6.02. The van der Waals surface area contributed by atoms with Gasteiger partial charge in [-0.25, -0.2) is 0 Å². The van der Waals surface area contributed by atoms with E-state index in [2.05, 4.69) is 33.8 Å². The fraction of sp³-hybridized carbons (Fsp3) is 0.571. The highest BCUT2D eigenvalue weighted by atomic mass is 79.9. The number of halogens is 1. The molecule has 0 radical (unpaired) electrons. The van der Waals surface area contributed by atoms with E-state index in [1.165, 1.54) is 5.56 Å². The number of hydrogen-bond acceptors (Lipinski definition) is 3. The molecule has 3 nitrogen and oxygen atoms in total. The van der Waals surface area contributed by atoms with Crippen LogP contribution in [0.3, 0.4) is 0 Å². The molecule has 0 fully saturated rings. The first-order valence-corrected chi connectivity index (χ1v) is 7.14. The summed E-state index contributed by atoms with van der Waals surface area (Å²) in [6.45, 7) is 3.69. The van der Waals surface area contributed by atoms with Crippen molar-refractivity contribution in [3.05, 3.63) is 28.2 Å². The molecule has 1 aromatic rings. The van der Waals surface area contributed by atoms with Gasteiger partial charge in [0, 0.05) is 12.6 Å². The molecule has 1 unspecified atom stereocenters. The second kappa shape index (κ2) is 7.77. The van der Waals surface area contributed by atoms with E-state index < -0.39 is 0 Å². The number of ether oxygens (including phenoxy) is 1. The Labute approximate surface area is 118 Å². The smallest absolute Gasteiger partial charge is 0.136 e. The average molecular weight is 315 g/mol. The molecule has 4 heteroatoms. The van der Waals surface area contributed by atoms with Crippen molar-refractivity contribution in [2.45, 2.75) is 25.8 Å². The molecule has 18 heavy (non-hydrogen) atoms. The molecular formula is C14H23BrN2O. The summed E-state index contributed by atoms with van der Waals surface area (Å²) in [5, 5.41) is 0. The van der Waals surface area contributed by atoms with E-state index in [0.717, 1.165) is 29.6 Å². The molecule has 0 amide bonds. The van der Waals surface area contributed by atoms with Gasteiger partial charge in [0.2, 0.25) is 0 Å². The number of hydrogen-bond donors (Lipinski definition) is 1. The largest absolute Gasteiger partial charge is 0.491 e. The molecular weight excluding hydrogens is 292 g/mol. The maximum Gasteiger partial charge on any atom is 0.136 e. The highest BCUT2D eigenvalue weighted by Gasteiger charge is 2.11. The van der Waals surface area contributed by atoms with Crippen LogP contribution in [0.2, 0.25) is 0 Å². The van der Waals surface area contributed by atoms with Crippen LogP contribution in [0.5, 0.6) is 5.75 Å². The van der Waals surface area contributed by atoms with Crippen LogP contribution in [0.1, 0.15) is 18.9 Å². The van der Waals surface area contributed by atoms with E-state index in [1.54, 1.807) is 0 Å². The van der Waals surface area contributed by atoms with Crippen molar-refractivity contribution in [3.63, 3.8) is 0 Å². The molecule has 0 aliphatic rings. The van der Waals surface area contributed by atoms with Crippen molar-refractivity contribution in [2.75, 3.05) is 27.2 Å². The third-order valence-electron chi connectivity index (χ3n) is 2.84. The van der Waals surface area contributed by atoms with Crippen LogP contribution in [0.25, 0.3) is 0 Å². The van der Waals surface area contributed by atoms with Crippen LogP contribution in [-0.2, 0) is 6.42 Å². The second-order valence-corrected chi connectivity index (χ2v) is 5.61. The third-order valence-corrected chi connectivity index (χ3v) is 3.46. The molecule has 1 atom stereocenters. The van der Waals surface area contributed by atoms with Crippen LogP contribution >= 0.6 is 15.9 Å². The Morgan fingerprint density at radius 3 is 2.72 bits per heavy atom. The van der Waals surface area contributed by atoms with Crippen LogP contribution < -0.4 is 10.5 Å². The summed E-state index contributed by atoms with van der Waals surface area (Å²) in [5.74, 6) is 0.934. The van der Waals surface area contributed by atoms with E-state index in [-0.39, 0.29) is 6.04 Å². The quantitative estimate of drug-likeness (QED) is 0.841. The number of para-hydroxylation sites is 1. The second-order valence-electron chi connectivity index (χ2n) is 4.75. The predicted molar refractivity (Wildman–Crippen MR) is 80.2 cm³/mol. The monoisotopic (exact) mass is 314 g/mol. The van der Waals surface area contributed by atoms with E-state index in [4.69, 9.17) is 10.5 Å². The van der Waals surface area contributed by atoms with Crippen molar-refractivity contribution in [3.8, 4) is 5.75 Å². The molecule has 0 aliphatic carbocycles. The third kappa shape index (κ3) is 4.96. The highest BCUT2D eigenvalue weighted by Crippen LogP contribution is 2.30. The minimum atomic E-state index is 0.190. The average Bonchev–Trinajstić information content (AvgIpc) is 2.32. The van der Waals surface area contributed by atoms with Gasteiger partial charge in [-0.15, -0.1) is 0 Å². The van der Waals surface area contributed by atoms with Crippen LogP contribution in [0.15, 0.2) is 22.7 Å². The lowest BCUT2D eigenvalue weighted by molar-refractivity contribution is 0.258. The first-order chi connectivity index (χ1) is 8.54. The van der Waals surface area contributed by atoms with E-state index in [1.807, 2.05) is 26.2 Å². The van der Waals surface area contributed by atoms with Gasteiger partial charge in [-0.05, 0) is 54.5 Å². The van der Waals surface area contributed by atoms with Gasteiger partial charge in [0.15, 0.2) is 0 Å². The van der Waals surface area contributed by atoms with E-state index in [9.17, 15) is 0 Å². The number of nitrogens with two attached hydrogens (primary N) is 1. The molecule has 0 bridgehead atoms. The van der Waals surface area contributed by atoms with Crippen molar-refractivity contribution < 1.29 is 4.74 Å². The zero-order valence-electron chi connectivity index (χ0n) is 11.4. The standard InChI is InChI=1S/C14H23BrN2O/c1-4-12(16)10-11-6-5-7-13(15)14(11)18-9-8-17(2)3/h5-7,12H,4,8-10,16H2,1-3H3. The highest BCUT2D eigenvalue weighted by molar-refractivity contribution is 9.10. The van der Waals surface area contributed by atoms with Crippen LogP contribution in [-0.4, -0.2) is 38.2 Å². The molecule has 0 saturated heterocycles. The summed E-state index contributed by atoms with van der Waals surface area (Å²) in [6, 6.07) is 6.31. The van der Waals surface area contributed by atoms with Crippen molar-refractivity contribution >= 4 is 15.9 Å². The van der Waals surface area contributed by atoms with Gasteiger partial charge >= 0.3 is 0 Å².